The van der Waals surface area contributed by atoms with Crippen molar-refractivity contribution in [2.24, 2.45) is 0 Å². The Hall–Kier alpha value is -1.45. The second kappa shape index (κ2) is 14.5. The summed E-state index contributed by atoms with van der Waals surface area (Å²) in [6.45, 7) is 15.3. The maximum atomic E-state index is 12.0. The topological polar surface area (TPSA) is 20.2 Å². The van der Waals surface area contributed by atoms with Crippen molar-refractivity contribution in [3.05, 3.63) is 46.7 Å². The zero-order valence-corrected chi connectivity index (χ0v) is 15.1. The fourth-order valence-electron chi connectivity index (χ4n) is 0.821. The van der Waals surface area contributed by atoms with Gasteiger partial charge < -0.3 is 5.11 Å². The molecule has 0 spiro atoms. The van der Waals surface area contributed by atoms with Gasteiger partial charge in [0.15, 0.2) is 0 Å². The molecule has 4 heteroatoms. The molecule has 0 aliphatic carbocycles. The van der Waals surface area contributed by atoms with Crippen LogP contribution in [0.25, 0.3) is 0 Å². The van der Waals surface area contributed by atoms with Crippen LogP contribution in [0.2, 0.25) is 0 Å². The highest BCUT2D eigenvalue weighted by Crippen LogP contribution is 2.29. The first-order chi connectivity index (χ1) is 10.1. The summed E-state index contributed by atoms with van der Waals surface area (Å²) < 4.78 is 35.9. The molecule has 1 nitrogen and oxygen atoms in total. The van der Waals surface area contributed by atoms with E-state index < -0.39 is 11.7 Å². The van der Waals surface area contributed by atoms with E-state index in [4.69, 9.17) is 5.11 Å². The monoisotopic (exact) mass is 320 g/mol. The number of allylic oxidation sites excluding steroid dienone is 2. The first-order valence-corrected chi connectivity index (χ1v) is 7.53. The van der Waals surface area contributed by atoms with E-state index in [0.29, 0.717) is 11.3 Å². The van der Waals surface area contributed by atoms with Crippen LogP contribution in [0.3, 0.4) is 0 Å². The van der Waals surface area contributed by atoms with Gasteiger partial charge in [0.1, 0.15) is 0 Å². The first kappa shape index (κ1) is 25.5. The van der Waals surface area contributed by atoms with Gasteiger partial charge in [-0.05, 0) is 39.3 Å². The van der Waals surface area contributed by atoms with Crippen LogP contribution in [0.15, 0.2) is 35.6 Å². The van der Waals surface area contributed by atoms with Crippen molar-refractivity contribution in [2.45, 2.75) is 68.0 Å². The van der Waals surface area contributed by atoms with Gasteiger partial charge in [0.2, 0.25) is 0 Å². The highest BCUT2D eigenvalue weighted by atomic mass is 19.4. The van der Waals surface area contributed by atoms with Crippen LogP contribution in [0.1, 0.15) is 66.0 Å². The molecule has 0 unspecified atom stereocenters. The third-order valence-corrected chi connectivity index (χ3v) is 2.07. The minimum Gasteiger partial charge on any atom is -0.513 e. The summed E-state index contributed by atoms with van der Waals surface area (Å²) in [5, 5.41) is 8.51. The molecule has 0 fully saturated rings. The minimum atomic E-state index is -4.22. The van der Waals surface area contributed by atoms with Crippen molar-refractivity contribution in [2.75, 3.05) is 0 Å². The lowest BCUT2D eigenvalue weighted by molar-refractivity contribution is -0.137. The van der Waals surface area contributed by atoms with Gasteiger partial charge in [-0.1, -0.05) is 57.9 Å². The highest BCUT2D eigenvalue weighted by Gasteiger charge is 2.29. The molecule has 1 aromatic carbocycles. The van der Waals surface area contributed by atoms with Crippen molar-refractivity contribution >= 4 is 0 Å². The Morgan fingerprint density at radius 2 is 1.41 bits per heavy atom. The molecular weight excluding hydrogens is 289 g/mol. The van der Waals surface area contributed by atoms with Crippen LogP contribution in [-0.2, 0) is 6.18 Å². The quantitative estimate of drug-likeness (QED) is 0.497. The minimum absolute atomic E-state index is 0.426. The van der Waals surface area contributed by atoms with Crippen LogP contribution >= 0.6 is 0 Å². The molecule has 0 aliphatic heterocycles. The molecule has 0 amide bonds. The van der Waals surface area contributed by atoms with E-state index in [2.05, 4.69) is 13.8 Å². The van der Waals surface area contributed by atoms with Gasteiger partial charge in [-0.15, -0.1) is 0 Å². The van der Waals surface area contributed by atoms with Crippen LogP contribution < -0.4 is 0 Å². The predicted molar refractivity (Wildman–Crippen MR) is 90.2 cm³/mol. The number of aliphatic hydroxyl groups is 1. The Balaban J connectivity index is -0.000000279. The molecule has 1 rings (SSSR count). The largest absolute Gasteiger partial charge is 0.513 e. The molecule has 0 heterocycles. The molecule has 0 aliphatic rings. The summed E-state index contributed by atoms with van der Waals surface area (Å²) in [7, 11) is 0. The molecule has 0 saturated carbocycles. The lowest BCUT2D eigenvalue weighted by Gasteiger charge is -2.05. The Morgan fingerprint density at radius 3 is 1.59 bits per heavy atom. The predicted octanol–water partition coefficient (Wildman–Crippen LogP) is 7.31. The first-order valence-electron chi connectivity index (χ1n) is 7.53. The number of aryl methyl sites for hydroxylation is 1. The number of halogens is 3. The van der Waals surface area contributed by atoms with Crippen molar-refractivity contribution in [1.82, 2.24) is 0 Å². The number of rotatable bonds is 0. The fourth-order valence-corrected chi connectivity index (χ4v) is 0.821. The number of aliphatic hydroxyl groups excluding tert-OH is 1. The summed E-state index contributed by atoms with van der Waals surface area (Å²) in [6.07, 6.45) is -2.97. The van der Waals surface area contributed by atoms with E-state index in [1.54, 1.807) is 19.9 Å². The zero-order chi connectivity index (χ0) is 18.3. The van der Waals surface area contributed by atoms with E-state index in [0.717, 1.165) is 17.7 Å². The molecular formula is C18H31F3O. The summed E-state index contributed by atoms with van der Waals surface area (Å²) in [6, 6.07) is 5.22. The highest BCUT2D eigenvalue weighted by molar-refractivity contribution is 5.24. The molecule has 130 valence electrons. The lowest BCUT2D eigenvalue weighted by atomic mass is 10.1. The maximum absolute atomic E-state index is 12.0. The molecule has 0 atom stereocenters. The number of hydrogen-bond donors (Lipinski definition) is 1. The smallest absolute Gasteiger partial charge is 0.416 e. The zero-order valence-electron chi connectivity index (χ0n) is 15.1. The second-order valence-corrected chi connectivity index (χ2v) is 4.66. The summed E-state index contributed by atoms with van der Waals surface area (Å²) in [4.78, 5) is 0. The van der Waals surface area contributed by atoms with Gasteiger partial charge in [-0.25, -0.2) is 0 Å². The number of alkyl halides is 3. The normalized spacial score (nSPS) is 9.05. The van der Waals surface area contributed by atoms with E-state index in [9.17, 15) is 13.2 Å². The van der Waals surface area contributed by atoms with Gasteiger partial charge in [-0.2, -0.15) is 13.2 Å². The van der Waals surface area contributed by atoms with Crippen molar-refractivity contribution in [3.8, 4) is 0 Å². The lowest BCUT2D eigenvalue weighted by Crippen LogP contribution is -2.04. The molecule has 1 N–H and O–H groups in total. The van der Waals surface area contributed by atoms with Crippen molar-refractivity contribution in [3.63, 3.8) is 0 Å². The van der Waals surface area contributed by atoms with Crippen LogP contribution in [0, 0.1) is 6.92 Å². The molecule has 0 bridgehead atoms. The van der Waals surface area contributed by atoms with E-state index in [1.807, 2.05) is 27.7 Å². The standard InChI is InChI=1S/C8H7F3.C5H10O.C3H8.C2H6/c1-6-3-2-4-7(5-6)8(9,10)11;1-4(2)5(3)6;1-3-2;1-2/h2-5H,1H3;6H,1-3H3;3H2,1-2H3;1-2H3. The Bertz CT molecular complexity index is 389. The maximum Gasteiger partial charge on any atom is 0.416 e. The van der Waals surface area contributed by atoms with Gasteiger partial charge >= 0.3 is 6.18 Å². The van der Waals surface area contributed by atoms with Crippen molar-refractivity contribution in [1.29, 1.82) is 0 Å². The number of benzene rings is 1. The third-order valence-electron chi connectivity index (χ3n) is 2.07. The van der Waals surface area contributed by atoms with Gasteiger partial charge in [-0.3, -0.25) is 0 Å². The average molecular weight is 320 g/mol. The Morgan fingerprint density at radius 1 is 1.05 bits per heavy atom. The van der Waals surface area contributed by atoms with Crippen molar-refractivity contribution < 1.29 is 18.3 Å². The van der Waals surface area contributed by atoms with Crippen LogP contribution in [0.5, 0.6) is 0 Å². The fraction of sp³-hybridized carbons (Fsp3) is 0.556. The SMILES string of the molecule is CC.CC(C)=C(C)O.CCC.Cc1cccc(C(F)(F)F)c1. The molecule has 22 heavy (non-hydrogen) atoms. The Labute approximate surface area is 133 Å². The molecule has 0 aromatic heterocycles. The second-order valence-electron chi connectivity index (χ2n) is 4.66. The number of hydrogen-bond acceptors (Lipinski definition) is 1. The Kier molecular flexibility index (Phi) is 16.8. The molecule has 0 saturated heterocycles. The van der Waals surface area contributed by atoms with Gasteiger partial charge in [0.05, 0.1) is 11.3 Å². The van der Waals surface area contributed by atoms with Crippen LogP contribution in [-0.4, -0.2) is 5.11 Å². The third kappa shape index (κ3) is 16.6. The summed E-state index contributed by atoms with van der Waals surface area (Å²) in [5.41, 5.74) is 1.02. The average Bonchev–Trinajstić information content (AvgIpc) is 2.41. The summed E-state index contributed by atoms with van der Waals surface area (Å²) >= 11 is 0. The van der Waals surface area contributed by atoms with Gasteiger partial charge in [0, 0.05) is 0 Å². The van der Waals surface area contributed by atoms with E-state index in [1.165, 1.54) is 12.5 Å². The molecule has 1 aromatic rings. The van der Waals surface area contributed by atoms with E-state index in [-0.39, 0.29) is 0 Å². The van der Waals surface area contributed by atoms with E-state index >= 15 is 0 Å². The summed E-state index contributed by atoms with van der Waals surface area (Å²) in [5.74, 6) is 0.426. The van der Waals surface area contributed by atoms with Gasteiger partial charge in [0.25, 0.3) is 0 Å². The molecule has 0 radical (unpaired) electrons. The van der Waals surface area contributed by atoms with Crippen LogP contribution in [0.4, 0.5) is 13.2 Å².